The van der Waals surface area contributed by atoms with Crippen LogP contribution in [0.5, 0.6) is 0 Å². The summed E-state index contributed by atoms with van der Waals surface area (Å²) in [5, 5.41) is 5.25. The van der Waals surface area contributed by atoms with Crippen LogP contribution in [-0.4, -0.2) is 14.5 Å². The zero-order chi connectivity index (χ0) is 14.0. The average molecular weight is 312 g/mol. The largest absolute Gasteiger partial charge is 0.468 e. The summed E-state index contributed by atoms with van der Waals surface area (Å²) in [6.07, 6.45) is 3.97. The molecule has 2 aromatic rings. The fourth-order valence-electron chi connectivity index (χ4n) is 1.79. The van der Waals surface area contributed by atoms with Gasteiger partial charge in [-0.3, -0.25) is 0 Å². The smallest absolute Gasteiger partial charge is 0.250 e. The molecular weight excluding hydrogens is 296 g/mol. The molecule has 20 heavy (non-hydrogen) atoms. The highest BCUT2D eigenvalue weighted by molar-refractivity contribution is 7.91. The fraction of sp³-hybridized carbons (Fsp3) is 0.385. The zero-order valence-electron chi connectivity index (χ0n) is 10.8. The Kier molecular flexibility index (Phi) is 3.93. The van der Waals surface area contributed by atoms with Crippen molar-refractivity contribution in [1.82, 2.24) is 10.0 Å². The van der Waals surface area contributed by atoms with E-state index in [9.17, 15) is 8.42 Å². The van der Waals surface area contributed by atoms with Crippen LogP contribution < -0.4 is 10.0 Å². The predicted molar refractivity (Wildman–Crippen MR) is 76.9 cm³/mol. The molecule has 1 aliphatic carbocycles. The third kappa shape index (κ3) is 3.49. The van der Waals surface area contributed by atoms with Gasteiger partial charge in [0.1, 0.15) is 9.97 Å². The van der Waals surface area contributed by atoms with Crippen LogP contribution in [0.15, 0.2) is 38.5 Å². The molecule has 0 amide bonds. The van der Waals surface area contributed by atoms with E-state index in [2.05, 4.69) is 10.0 Å². The third-order valence-corrected chi connectivity index (χ3v) is 5.97. The van der Waals surface area contributed by atoms with Gasteiger partial charge in [-0.25, -0.2) is 13.1 Å². The summed E-state index contributed by atoms with van der Waals surface area (Å²) in [5.74, 6) is 0.598. The van der Waals surface area contributed by atoms with Gasteiger partial charge in [-0.2, -0.15) is 0 Å². The number of furan rings is 1. The molecule has 1 saturated carbocycles. The first-order valence-electron chi connectivity index (χ1n) is 6.46. The maximum absolute atomic E-state index is 12.1. The molecule has 0 unspecified atom stereocenters. The molecule has 0 saturated heterocycles. The van der Waals surface area contributed by atoms with Crippen LogP contribution in [0, 0.1) is 0 Å². The lowest BCUT2D eigenvalue weighted by Crippen LogP contribution is -2.22. The Morgan fingerprint density at radius 3 is 2.90 bits per heavy atom. The van der Waals surface area contributed by atoms with Crippen molar-refractivity contribution in [3.8, 4) is 0 Å². The molecule has 0 atom stereocenters. The van der Waals surface area contributed by atoms with Gasteiger partial charge in [-0.1, -0.05) is 0 Å². The van der Waals surface area contributed by atoms with Crippen molar-refractivity contribution in [2.24, 2.45) is 0 Å². The summed E-state index contributed by atoms with van der Waals surface area (Å²) in [5.41, 5.74) is 1.01. The number of hydrogen-bond donors (Lipinski definition) is 2. The monoisotopic (exact) mass is 312 g/mol. The van der Waals surface area contributed by atoms with Gasteiger partial charge in [0, 0.05) is 12.6 Å². The van der Waals surface area contributed by atoms with Gasteiger partial charge in [0.15, 0.2) is 0 Å². The Balaban J connectivity index is 1.61. The second-order valence-corrected chi connectivity index (χ2v) is 7.74. The molecule has 7 heteroatoms. The highest BCUT2D eigenvalue weighted by Gasteiger charge is 2.21. The van der Waals surface area contributed by atoms with Crippen molar-refractivity contribution in [3.63, 3.8) is 0 Å². The molecule has 1 fully saturated rings. The van der Waals surface area contributed by atoms with Crippen molar-refractivity contribution in [2.45, 2.75) is 36.2 Å². The van der Waals surface area contributed by atoms with Crippen LogP contribution in [0.1, 0.15) is 24.2 Å². The van der Waals surface area contributed by atoms with Crippen molar-refractivity contribution >= 4 is 21.4 Å². The summed E-state index contributed by atoms with van der Waals surface area (Å²) in [6.45, 7) is 0.901. The molecule has 2 heterocycles. The van der Waals surface area contributed by atoms with E-state index in [4.69, 9.17) is 4.42 Å². The van der Waals surface area contributed by atoms with Crippen molar-refractivity contribution in [3.05, 3.63) is 41.2 Å². The number of hydrogen-bond acceptors (Lipinski definition) is 5. The van der Waals surface area contributed by atoms with Gasteiger partial charge < -0.3 is 9.73 Å². The van der Waals surface area contributed by atoms with E-state index in [1.165, 1.54) is 30.4 Å². The van der Waals surface area contributed by atoms with E-state index in [0.29, 0.717) is 16.0 Å². The van der Waals surface area contributed by atoms with Crippen LogP contribution in [-0.2, 0) is 23.1 Å². The van der Waals surface area contributed by atoms with Crippen LogP contribution in [0.4, 0.5) is 0 Å². The molecule has 5 nitrogen and oxygen atoms in total. The van der Waals surface area contributed by atoms with Crippen LogP contribution >= 0.6 is 11.3 Å². The van der Waals surface area contributed by atoms with Crippen molar-refractivity contribution in [1.29, 1.82) is 0 Å². The molecular formula is C13H16N2O3S2. The Morgan fingerprint density at radius 1 is 1.35 bits per heavy atom. The Hall–Kier alpha value is -1.15. The molecule has 3 rings (SSSR count). The number of sulfonamides is 1. The number of thiophene rings is 1. The minimum atomic E-state index is -3.46. The summed E-state index contributed by atoms with van der Waals surface area (Å²) in [6, 6.07) is 5.81. The van der Waals surface area contributed by atoms with Gasteiger partial charge in [-0.05, 0) is 42.0 Å². The van der Waals surface area contributed by atoms with Crippen LogP contribution in [0.25, 0.3) is 0 Å². The normalized spacial score (nSPS) is 15.6. The lowest BCUT2D eigenvalue weighted by Gasteiger charge is -2.02. The van der Waals surface area contributed by atoms with Gasteiger partial charge in [0.05, 0.1) is 12.8 Å². The summed E-state index contributed by atoms with van der Waals surface area (Å²) in [4.78, 5) is 0. The first-order valence-corrected chi connectivity index (χ1v) is 8.82. The van der Waals surface area contributed by atoms with Crippen LogP contribution in [0.2, 0.25) is 0 Å². The average Bonchev–Trinajstić information content (AvgIpc) is 2.94. The van der Waals surface area contributed by atoms with Crippen molar-refractivity contribution in [2.75, 3.05) is 0 Å². The SMILES string of the molecule is O=S(=O)(NCc1ccco1)c1cc(CNC2CC2)cs1. The first kappa shape index (κ1) is 13.8. The van der Waals surface area contributed by atoms with E-state index in [0.717, 1.165) is 12.1 Å². The molecule has 2 N–H and O–H groups in total. The molecule has 0 radical (unpaired) electrons. The maximum atomic E-state index is 12.1. The lowest BCUT2D eigenvalue weighted by molar-refractivity contribution is 0.499. The van der Waals surface area contributed by atoms with E-state index in [-0.39, 0.29) is 6.54 Å². The molecule has 0 aromatic carbocycles. The topological polar surface area (TPSA) is 71.3 Å². The second kappa shape index (κ2) is 5.69. The van der Waals surface area contributed by atoms with Gasteiger partial charge in [-0.15, -0.1) is 11.3 Å². The molecule has 0 spiro atoms. The summed E-state index contributed by atoms with van der Waals surface area (Å²) >= 11 is 1.24. The van der Waals surface area contributed by atoms with E-state index < -0.39 is 10.0 Å². The quantitative estimate of drug-likeness (QED) is 0.821. The standard InChI is InChI=1S/C13H16N2O3S2/c16-20(17,15-8-12-2-1-5-18-12)13-6-10(9-19-13)7-14-11-3-4-11/h1-2,5-6,9,11,14-15H,3-4,7-8H2. The van der Waals surface area contributed by atoms with E-state index in [1.54, 1.807) is 18.2 Å². The molecule has 108 valence electrons. The van der Waals surface area contributed by atoms with E-state index >= 15 is 0 Å². The molecule has 0 bridgehead atoms. The number of rotatable bonds is 7. The van der Waals surface area contributed by atoms with Crippen LogP contribution in [0.3, 0.4) is 0 Å². The zero-order valence-corrected chi connectivity index (χ0v) is 12.5. The van der Waals surface area contributed by atoms with Crippen molar-refractivity contribution < 1.29 is 12.8 Å². The molecule has 2 aromatic heterocycles. The first-order chi connectivity index (χ1) is 9.63. The highest BCUT2D eigenvalue weighted by Crippen LogP contribution is 2.23. The Bertz CT molecular complexity index is 658. The van der Waals surface area contributed by atoms with Gasteiger partial charge >= 0.3 is 0 Å². The highest BCUT2D eigenvalue weighted by atomic mass is 32.2. The third-order valence-electron chi connectivity index (χ3n) is 3.08. The molecule has 1 aliphatic rings. The van der Waals surface area contributed by atoms with Gasteiger partial charge in [0.25, 0.3) is 0 Å². The second-order valence-electron chi connectivity index (χ2n) is 4.83. The predicted octanol–water partition coefficient (Wildman–Crippen LogP) is 2.07. The summed E-state index contributed by atoms with van der Waals surface area (Å²) < 4.78 is 32.2. The minimum absolute atomic E-state index is 0.170. The summed E-state index contributed by atoms with van der Waals surface area (Å²) in [7, 11) is -3.46. The maximum Gasteiger partial charge on any atom is 0.250 e. The van der Waals surface area contributed by atoms with Gasteiger partial charge in [0.2, 0.25) is 10.0 Å². The Labute approximate surface area is 122 Å². The Morgan fingerprint density at radius 2 is 2.20 bits per heavy atom. The lowest BCUT2D eigenvalue weighted by atomic mass is 10.3. The fourth-order valence-corrected chi connectivity index (χ4v) is 4.03. The minimum Gasteiger partial charge on any atom is -0.468 e. The number of nitrogens with one attached hydrogen (secondary N) is 2. The molecule has 0 aliphatic heterocycles. The van der Waals surface area contributed by atoms with E-state index in [1.807, 2.05) is 5.38 Å².